The van der Waals surface area contributed by atoms with E-state index < -0.39 is 0 Å². The van der Waals surface area contributed by atoms with Crippen LogP contribution in [0.25, 0.3) is 0 Å². The first-order chi connectivity index (χ1) is 9.74. The van der Waals surface area contributed by atoms with Crippen LogP contribution in [0, 0.1) is 0 Å². The molecular formula is C16H23N3O. The Bertz CT molecular complexity index is 536. The summed E-state index contributed by atoms with van der Waals surface area (Å²) in [5.74, 6) is 0.935. The van der Waals surface area contributed by atoms with Gasteiger partial charge in [0.2, 0.25) is 0 Å². The molecule has 0 fully saturated rings. The van der Waals surface area contributed by atoms with Crippen molar-refractivity contribution in [2.24, 2.45) is 7.05 Å². The maximum absolute atomic E-state index is 5.49. The van der Waals surface area contributed by atoms with E-state index in [1.54, 1.807) is 7.11 Å². The number of nitrogens with zero attached hydrogens (tertiary/aromatic N) is 2. The van der Waals surface area contributed by atoms with Gasteiger partial charge in [-0.15, -0.1) is 0 Å². The van der Waals surface area contributed by atoms with Gasteiger partial charge in [0, 0.05) is 24.8 Å². The van der Waals surface area contributed by atoms with Crippen LogP contribution >= 0.6 is 0 Å². The van der Waals surface area contributed by atoms with E-state index >= 15 is 0 Å². The molecule has 1 aromatic carbocycles. The standard InChI is InChI=1S/C16H23N3O/c1-4-9-17-15(10-13-11-18-19(2)12-13)14-7-5-6-8-16(14)20-3/h5-8,11-12,15,17H,4,9-10H2,1-3H3. The Morgan fingerprint density at radius 3 is 2.80 bits per heavy atom. The Morgan fingerprint density at radius 1 is 1.35 bits per heavy atom. The summed E-state index contributed by atoms with van der Waals surface area (Å²) >= 11 is 0. The molecule has 0 aliphatic carbocycles. The maximum atomic E-state index is 5.49. The number of rotatable bonds is 7. The molecule has 20 heavy (non-hydrogen) atoms. The smallest absolute Gasteiger partial charge is 0.123 e. The lowest BCUT2D eigenvalue weighted by atomic mass is 9.99. The van der Waals surface area contributed by atoms with Gasteiger partial charge in [-0.1, -0.05) is 25.1 Å². The van der Waals surface area contributed by atoms with Crippen molar-refractivity contribution in [3.05, 3.63) is 47.8 Å². The fourth-order valence-electron chi connectivity index (χ4n) is 2.38. The number of nitrogens with one attached hydrogen (secondary N) is 1. The van der Waals surface area contributed by atoms with Crippen molar-refractivity contribution >= 4 is 0 Å². The van der Waals surface area contributed by atoms with Crippen LogP contribution in [-0.2, 0) is 13.5 Å². The fourth-order valence-corrected chi connectivity index (χ4v) is 2.38. The molecule has 0 aliphatic heterocycles. The Labute approximate surface area is 120 Å². The summed E-state index contributed by atoms with van der Waals surface area (Å²) in [6, 6.07) is 8.45. The van der Waals surface area contributed by atoms with E-state index in [-0.39, 0.29) is 6.04 Å². The van der Waals surface area contributed by atoms with Gasteiger partial charge in [0.25, 0.3) is 0 Å². The lowest BCUT2D eigenvalue weighted by molar-refractivity contribution is 0.398. The second kappa shape index (κ2) is 7.10. The molecule has 0 spiro atoms. The molecule has 0 radical (unpaired) electrons. The molecule has 1 atom stereocenters. The first kappa shape index (κ1) is 14.6. The summed E-state index contributed by atoms with van der Waals surface area (Å²) in [6.07, 6.45) is 6.01. The molecule has 0 saturated heterocycles. The van der Waals surface area contributed by atoms with Crippen LogP contribution in [0.2, 0.25) is 0 Å². The van der Waals surface area contributed by atoms with Gasteiger partial charge in [0.1, 0.15) is 5.75 Å². The van der Waals surface area contributed by atoms with Crippen LogP contribution in [0.3, 0.4) is 0 Å². The Morgan fingerprint density at radius 2 is 2.15 bits per heavy atom. The lowest BCUT2D eigenvalue weighted by Crippen LogP contribution is -2.24. The third-order valence-electron chi connectivity index (χ3n) is 3.35. The normalized spacial score (nSPS) is 12.3. The molecule has 1 unspecified atom stereocenters. The summed E-state index contributed by atoms with van der Waals surface area (Å²) in [4.78, 5) is 0. The highest BCUT2D eigenvalue weighted by molar-refractivity contribution is 5.36. The summed E-state index contributed by atoms with van der Waals surface area (Å²) in [5, 5.41) is 7.84. The van der Waals surface area contributed by atoms with Gasteiger partial charge in [-0.25, -0.2) is 0 Å². The predicted octanol–water partition coefficient (Wildman–Crippen LogP) is 2.71. The third-order valence-corrected chi connectivity index (χ3v) is 3.35. The van der Waals surface area contributed by atoms with Crippen LogP contribution in [0.5, 0.6) is 5.75 Å². The van der Waals surface area contributed by atoms with Crippen LogP contribution in [0.1, 0.15) is 30.5 Å². The number of hydrogen-bond acceptors (Lipinski definition) is 3. The van der Waals surface area contributed by atoms with Crippen LogP contribution < -0.4 is 10.1 Å². The molecular weight excluding hydrogens is 250 g/mol. The van der Waals surface area contributed by atoms with E-state index in [1.165, 1.54) is 11.1 Å². The summed E-state index contributed by atoms with van der Waals surface area (Å²) in [5.41, 5.74) is 2.43. The van der Waals surface area contributed by atoms with Gasteiger partial charge in [-0.05, 0) is 31.0 Å². The van der Waals surface area contributed by atoms with Crippen molar-refractivity contribution in [2.75, 3.05) is 13.7 Å². The van der Waals surface area contributed by atoms with Crippen molar-refractivity contribution < 1.29 is 4.74 Å². The highest BCUT2D eigenvalue weighted by atomic mass is 16.5. The first-order valence-corrected chi connectivity index (χ1v) is 7.08. The fraction of sp³-hybridized carbons (Fsp3) is 0.438. The number of hydrogen-bond donors (Lipinski definition) is 1. The molecule has 0 bridgehead atoms. The van der Waals surface area contributed by atoms with E-state index in [2.05, 4.69) is 35.7 Å². The van der Waals surface area contributed by atoms with Gasteiger partial charge in [0.05, 0.1) is 13.3 Å². The summed E-state index contributed by atoms with van der Waals surface area (Å²) in [6.45, 7) is 3.17. The van der Waals surface area contributed by atoms with E-state index in [1.807, 2.05) is 30.1 Å². The molecule has 108 valence electrons. The van der Waals surface area contributed by atoms with Crippen LogP contribution in [0.4, 0.5) is 0 Å². The number of aryl methyl sites for hydroxylation is 1. The van der Waals surface area contributed by atoms with Crippen LogP contribution in [0.15, 0.2) is 36.7 Å². The molecule has 0 saturated carbocycles. The van der Waals surface area contributed by atoms with E-state index in [0.29, 0.717) is 0 Å². The minimum atomic E-state index is 0.246. The highest BCUT2D eigenvalue weighted by Crippen LogP contribution is 2.27. The molecule has 2 aromatic rings. The molecule has 4 heteroatoms. The molecule has 0 amide bonds. The maximum Gasteiger partial charge on any atom is 0.123 e. The van der Waals surface area contributed by atoms with E-state index in [0.717, 1.165) is 25.1 Å². The zero-order chi connectivity index (χ0) is 14.4. The SMILES string of the molecule is CCCNC(Cc1cnn(C)c1)c1ccccc1OC. The topological polar surface area (TPSA) is 39.1 Å². The summed E-state index contributed by atoms with van der Waals surface area (Å²) < 4.78 is 7.33. The van der Waals surface area contributed by atoms with Gasteiger partial charge >= 0.3 is 0 Å². The molecule has 0 aliphatic rings. The van der Waals surface area contributed by atoms with Crippen molar-refractivity contribution in [2.45, 2.75) is 25.8 Å². The Balaban J connectivity index is 2.22. The number of para-hydroxylation sites is 1. The second-order valence-electron chi connectivity index (χ2n) is 4.98. The average Bonchev–Trinajstić information content (AvgIpc) is 2.88. The number of aromatic nitrogens is 2. The average molecular weight is 273 g/mol. The lowest BCUT2D eigenvalue weighted by Gasteiger charge is -2.20. The highest BCUT2D eigenvalue weighted by Gasteiger charge is 2.16. The largest absolute Gasteiger partial charge is 0.496 e. The number of ether oxygens (including phenoxy) is 1. The van der Waals surface area contributed by atoms with E-state index in [9.17, 15) is 0 Å². The Kier molecular flexibility index (Phi) is 5.18. The van der Waals surface area contributed by atoms with Gasteiger partial charge in [0.15, 0.2) is 0 Å². The number of benzene rings is 1. The van der Waals surface area contributed by atoms with Crippen molar-refractivity contribution in [3.63, 3.8) is 0 Å². The van der Waals surface area contributed by atoms with Crippen LogP contribution in [-0.4, -0.2) is 23.4 Å². The third kappa shape index (κ3) is 3.61. The quantitative estimate of drug-likeness (QED) is 0.843. The molecule has 2 rings (SSSR count). The predicted molar refractivity (Wildman–Crippen MR) is 80.9 cm³/mol. The second-order valence-corrected chi connectivity index (χ2v) is 4.98. The van der Waals surface area contributed by atoms with Crippen molar-refractivity contribution in [3.8, 4) is 5.75 Å². The number of methoxy groups -OCH3 is 1. The van der Waals surface area contributed by atoms with Gasteiger partial charge < -0.3 is 10.1 Å². The molecule has 4 nitrogen and oxygen atoms in total. The zero-order valence-electron chi connectivity index (χ0n) is 12.5. The Hall–Kier alpha value is -1.81. The molecule has 1 heterocycles. The van der Waals surface area contributed by atoms with Crippen molar-refractivity contribution in [1.82, 2.24) is 15.1 Å². The summed E-state index contributed by atoms with van der Waals surface area (Å²) in [7, 11) is 3.67. The minimum absolute atomic E-state index is 0.246. The minimum Gasteiger partial charge on any atom is -0.496 e. The van der Waals surface area contributed by atoms with Gasteiger partial charge in [-0.3, -0.25) is 4.68 Å². The van der Waals surface area contributed by atoms with E-state index in [4.69, 9.17) is 4.74 Å². The molecule has 1 aromatic heterocycles. The molecule has 1 N–H and O–H groups in total. The zero-order valence-corrected chi connectivity index (χ0v) is 12.5. The van der Waals surface area contributed by atoms with Gasteiger partial charge in [-0.2, -0.15) is 5.10 Å². The monoisotopic (exact) mass is 273 g/mol. The van der Waals surface area contributed by atoms with Crippen molar-refractivity contribution in [1.29, 1.82) is 0 Å². The first-order valence-electron chi connectivity index (χ1n) is 7.08.